The number of alkyl halides is 10. The molecule has 1 aliphatic rings. The molecule has 0 unspecified atom stereocenters. The Labute approximate surface area is 581 Å². The lowest BCUT2D eigenvalue weighted by Gasteiger charge is -2.16. The van der Waals surface area contributed by atoms with Gasteiger partial charge in [-0.3, -0.25) is 51.3 Å². The number of ether oxygens (including phenoxy) is 8. The molecular weight excluding hydrogens is 1460 g/mol. The van der Waals surface area contributed by atoms with Gasteiger partial charge >= 0.3 is 48.2 Å². The minimum atomic E-state index is -4.86. The predicted molar refractivity (Wildman–Crippen MR) is 365 cm³/mol. The first-order chi connectivity index (χ1) is 47.2. The third-order valence-electron chi connectivity index (χ3n) is 14.3. The molecule has 0 atom stereocenters. The van der Waals surface area contributed by atoms with E-state index in [4.69, 9.17) is 28.8 Å². The van der Waals surface area contributed by atoms with E-state index < -0.39 is 86.2 Å². The van der Waals surface area contributed by atoms with Gasteiger partial charge in [0.2, 0.25) is 5.90 Å². The Morgan fingerprint density at radius 2 is 0.960 bits per heavy atom. The highest BCUT2D eigenvalue weighted by molar-refractivity contribution is 9.09. The number of aliphatic hydroxyl groups excluding tert-OH is 1. The highest BCUT2D eigenvalue weighted by atomic mass is 79.9. The molecule has 6 heterocycles. The molecule has 0 saturated carbocycles. The van der Waals surface area contributed by atoms with Crippen LogP contribution in [0.25, 0.3) is 22.3 Å². The molecule has 5 aromatic heterocycles. The van der Waals surface area contributed by atoms with Crippen LogP contribution in [0, 0.1) is 0 Å². The van der Waals surface area contributed by atoms with Crippen molar-refractivity contribution in [2.75, 3.05) is 25.2 Å². The van der Waals surface area contributed by atoms with E-state index in [1.54, 1.807) is 0 Å². The average molecular weight is 1540 g/mol. The number of unbranched alkanes of at least 4 members (excludes halogenated alkanes) is 2. The van der Waals surface area contributed by atoms with Crippen LogP contribution in [-0.2, 0) is 63.6 Å². The number of fused-ring (bicyclic) bond motifs is 3. The fourth-order valence-corrected chi connectivity index (χ4v) is 11.2. The van der Waals surface area contributed by atoms with E-state index in [2.05, 4.69) is 96.3 Å². The second-order valence-corrected chi connectivity index (χ2v) is 37.0. The minimum Gasteiger partial charge on any atom is -0.442 e. The van der Waals surface area contributed by atoms with Gasteiger partial charge in [0.25, 0.3) is 16.7 Å². The van der Waals surface area contributed by atoms with Crippen molar-refractivity contribution in [2.45, 2.75) is 149 Å². The summed E-state index contributed by atoms with van der Waals surface area (Å²) in [6.07, 6.45) is -10.3. The number of nitrogens with one attached hydrogen (secondary N) is 1. The molecule has 0 amide bonds. The molecule has 101 heavy (non-hydrogen) atoms. The summed E-state index contributed by atoms with van der Waals surface area (Å²) < 4.78 is 161. The third kappa shape index (κ3) is 24.0. The predicted octanol–water partition coefficient (Wildman–Crippen LogP) is 11.8. The van der Waals surface area contributed by atoms with Crippen molar-refractivity contribution in [1.29, 1.82) is 0 Å². The molecule has 8 aromatic rings. The summed E-state index contributed by atoms with van der Waals surface area (Å²) in [5.74, 6) is -1.17. The van der Waals surface area contributed by atoms with Crippen molar-refractivity contribution < 1.29 is 82.5 Å². The number of H-pyrrole nitrogens is 1. The molecule has 3 aromatic carbocycles. The molecule has 26 nitrogen and oxygen atoms in total. The van der Waals surface area contributed by atoms with Gasteiger partial charge in [-0.1, -0.05) is 100 Å². The molecule has 38 heteroatoms. The molecule has 0 saturated heterocycles. The number of aryl methyl sites for hydroxylation is 2. The monoisotopic (exact) mass is 1540 g/mol. The Kier molecular flexibility index (Phi) is 28.3. The standard InChI is InChI=1S/C23H31F3N4O5Si.C19H23F3N4O5Si.C17H16F3N3O5.C4H9Br/c1-6-7-11-29-20(31)18-19(28(2)22(29)32)27-21(30(18)15-33-12-13-36(3,4)5)34-16-9-8-10-17(14-16)35-23(24,25)26;1-25-15-14(16(27)24-17(25)28)26(11-29-8-9-32(2,3)4)18(23-15)30-12-6-5-7-13(10-12)31-19(20,21)22;1-22-14-12(15(25)23(16(22)26)6-3-7-24)9-13(21-14)27-10-4-2-5-11(8-10)28-17(18,19)20;1-2-3-4-5/h8-10,14H,6-7,11-13,15H2,1-5H3;5-7,10H,8-9,11H2,1-4H3,(H,24,27,28);2,4-5,8,24H,3,6-7,9H2,1H3;2-4H2,1H3. The van der Waals surface area contributed by atoms with Crippen LogP contribution in [-0.4, -0.2) is 118 Å². The lowest BCUT2D eigenvalue weighted by Crippen LogP contribution is -2.40. The molecule has 1 aliphatic heterocycles. The SMILES string of the molecule is CCCCBr.CCCCn1c(=O)c2c(nc(Oc3cccc(OC(F)(F)F)c3)n2COCC[Si](C)(C)C)n(C)c1=O.Cn1c(=O)[nH]c(=O)c2c1nc(Oc1cccc(OC(F)(F)F)c1)n2COCC[Si](C)(C)C.Cn1c2c(c(=O)n(CCCO)c1=O)CC(Oc1cccc(OC(F)(F)F)c1)=N2. The summed E-state index contributed by atoms with van der Waals surface area (Å²) in [5, 5.41) is 10.1. The van der Waals surface area contributed by atoms with E-state index in [0.717, 1.165) is 73.9 Å². The van der Waals surface area contributed by atoms with Crippen LogP contribution in [0.1, 0.15) is 51.5 Å². The Balaban J connectivity index is 0.000000232. The maximum absolute atomic E-state index is 13.3. The van der Waals surface area contributed by atoms with Gasteiger partial charge in [-0.2, -0.15) is 15.0 Å². The topological polar surface area (TPSA) is 285 Å². The van der Waals surface area contributed by atoms with Gasteiger partial charge in [0, 0.05) is 93.7 Å². The Morgan fingerprint density at radius 3 is 1.39 bits per heavy atom. The van der Waals surface area contributed by atoms with E-state index in [0.29, 0.717) is 19.6 Å². The smallest absolute Gasteiger partial charge is 0.442 e. The number of benzene rings is 3. The van der Waals surface area contributed by atoms with Gasteiger partial charge in [-0.05, 0) is 67.7 Å². The number of rotatable bonds is 26. The molecule has 554 valence electrons. The van der Waals surface area contributed by atoms with E-state index in [-0.39, 0.29) is 115 Å². The van der Waals surface area contributed by atoms with Crippen LogP contribution in [0.5, 0.6) is 46.5 Å². The Bertz CT molecular complexity index is 4550. The van der Waals surface area contributed by atoms with Crippen molar-refractivity contribution in [3.8, 4) is 46.5 Å². The number of hydrogen-bond donors (Lipinski definition) is 2. The molecule has 0 aliphatic carbocycles. The highest BCUT2D eigenvalue weighted by Crippen LogP contribution is 2.33. The Morgan fingerprint density at radius 1 is 0.545 bits per heavy atom. The van der Waals surface area contributed by atoms with Crippen LogP contribution in [0.2, 0.25) is 51.4 Å². The van der Waals surface area contributed by atoms with Crippen molar-refractivity contribution in [2.24, 2.45) is 26.1 Å². The molecule has 0 fully saturated rings. The molecule has 0 bridgehead atoms. The quantitative estimate of drug-likeness (QED) is 0.0220. The lowest BCUT2D eigenvalue weighted by atomic mass is 10.2. The summed E-state index contributed by atoms with van der Waals surface area (Å²) in [7, 11) is 1.62. The summed E-state index contributed by atoms with van der Waals surface area (Å²) >= 11 is 3.31. The first kappa shape index (κ1) is 81.2. The van der Waals surface area contributed by atoms with Crippen molar-refractivity contribution in [1.82, 2.24) is 46.9 Å². The van der Waals surface area contributed by atoms with Gasteiger partial charge in [0.05, 0.1) is 12.0 Å². The van der Waals surface area contributed by atoms with E-state index in [9.17, 15) is 68.3 Å². The molecule has 2 N–H and O–H groups in total. The number of aliphatic hydroxyl groups is 1. The van der Waals surface area contributed by atoms with Crippen molar-refractivity contribution in [3.63, 3.8) is 0 Å². The molecule has 9 rings (SSSR count). The van der Waals surface area contributed by atoms with Gasteiger partial charge < -0.3 is 43.0 Å². The number of aliphatic imine (C=N–C) groups is 1. The van der Waals surface area contributed by atoms with Crippen LogP contribution >= 0.6 is 15.9 Å². The molecular formula is C63H79BrF9N11O15Si2. The zero-order valence-corrected chi connectivity index (χ0v) is 60.7. The highest BCUT2D eigenvalue weighted by Gasteiger charge is 2.34. The van der Waals surface area contributed by atoms with Crippen LogP contribution in [0.4, 0.5) is 45.3 Å². The fraction of sp³-hybridized carbons (Fsp3) is 0.476. The van der Waals surface area contributed by atoms with Gasteiger partial charge in [0.15, 0.2) is 22.3 Å². The second kappa shape index (κ2) is 35.2. The van der Waals surface area contributed by atoms with Crippen LogP contribution < -0.4 is 62.2 Å². The maximum Gasteiger partial charge on any atom is 0.573 e. The largest absolute Gasteiger partial charge is 0.573 e. The van der Waals surface area contributed by atoms with Crippen molar-refractivity contribution in [3.05, 3.63) is 141 Å². The zero-order chi connectivity index (χ0) is 75.0. The third-order valence-corrected chi connectivity index (χ3v) is 18.3. The normalized spacial score (nSPS) is 12.4. The first-order valence-corrected chi connectivity index (χ1v) is 40.0. The lowest BCUT2D eigenvalue weighted by molar-refractivity contribution is -0.275. The van der Waals surface area contributed by atoms with Gasteiger partial charge in [-0.25, -0.2) is 14.4 Å². The number of imidazole rings is 2. The zero-order valence-electron chi connectivity index (χ0n) is 57.2. The number of halogens is 10. The number of aromatic amines is 1. The van der Waals surface area contributed by atoms with E-state index in [1.165, 1.54) is 88.7 Å². The number of aromatic nitrogens is 10. The number of nitrogens with zero attached hydrogens (tertiary/aromatic N) is 10. The van der Waals surface area contributed by atoms with Crippen molar-refractivity contribution >= 4 is 66.1 Å². The van der Waals surface area contributed by atoms with Crippen LogP contribution in [0.3, 0.4) is 0 Å². The van der Waals surface area contributed by atoms with E-state index in [1.807, 2.05) is 6.92 Å². The van der Waals surface area contributed by atoms with Gasteiger partial charge in [-0.15, -0.1) is 39.5 Å². The molecule has 0 radical (unpaired) electrons. The summed E-state index contributed by atoms with van der Waals surface area (Å²) in [6, 6.07) is 16.3. The maximum atomic E-state index is 13.3. The minimum absolute atomic E-state index is 0.00622. The summed E-state index contributed by atoms with van der Waals surface area (Å²) in [6.45, 7) is 18.1. The number of hydrogen-bond acceptors (Lipinski definition) is 18. The van der Waals surface area contributed by atoms with Gasteiger partial charge in [0.1, 0.15) is 53.8 Å². The fourth-order valence-electron chi connectivity index (χ4n) is 9.14. The summed E-state index contributed by atoms with van der Waals surface area (Å²) in [5.41, 5.74) is -3.01. The summed E-state index contributed by atoms with van der Waals surface area (Å²) in [4.78, 5) is 90.3. The van der Waals surface area contributed by atoms with Crippen LogP contribution in [0.15, 0.2) is 107 Å². The second-order valence-electron chi connectivity index (χ2n) is 24.9. The first-order valence-electron chi connectivity index (χ1n) is 31.5. The van der Waals surface area contributed by atoms with E-state index >= 15 is 0 Å². The average Bonchev–Trinajstić information content (AvgIpc) is 1.64. The Hall–Kier alpha value is -8.73. The molecule has 0 spiro atoms.